The molecule has 0 radical (unpaired) electrons. The zero-order valence-corrected chi connectivity index (χ0v) is 14.5. The molecule has 0 saturated heterocycles. The van der Waals surface area contributed by atoms with Crippen LogP contribution < -0.4 is 10.5 Å². The monoisotopic (exact) mass is 376 g/mol. The van der Waals surface area contributed by atoms with Crippen LogP contribution in [0.25, 0.3) is 0 Å². The van der Waals surface area contributed by atoms with Gasteiger partial charge in [0.1, 0.15) is 11.4 Å². The van der Waals surface area contributed by atoms with Crippen molar-refractivity contribution in [2.75, 3.05) is 5.32 Å². The molecular formula is C16H16N4O5S. The topological polar surface area (TPSA) is 151 Å². The Hall–Kier alpha value is -3.11. The summed E-state index contributed by atoms with van der Waals surface area (Å²) >= 11 is 0. The van der Waals surface area contributed by atoms with Crippen LogP contribution in [-0.2, 0) is 19.6 Å². The number of ketones is 1. The second-order valence-corrected chi connectivity index (χ2v) is 6.84. The number of rotatable bonds is 6. The van der Waals surface area contributed by atoms with Gasteiger partial charge in [0, 0.05) is 5.69 Å². The Balaban J connectivity index is 2.27. The van der Waals surface area contributed by atoms with Gasteiger partial charge in [0.2, 0.25) is 16.1 Å². The average Bonchev–Trinajstić information content (AvgIpc) is 2.56. The largest absolute Gasteiger partial charge is 0.506 e. The van der Waals surface area contributed by atoms with Crippen LogP contribution in [0.15, 0.2) is 63.7 Å². The summed E-state index contributed by atoms with van der Waals surface area (Å²) in [7, 11) is -4.01. The summed E-state index contributed by atoms with van der Waals surface area (Å²) in [5.74, 6) is -1.68. The molecule has 1 atom stereocenters. The number of carbonyl (C=O) groups is 2. The molecule has 0 aliphatic carbocycles. The van der Waals surface area contributed by atoms with E-state index < -0.39 is 27.8 Å². The van der Waals surface area contributed by atoms with Gasteiger partial charge < -0.3 is 10.4 Å². The normalized spacial score (nSPS) is 12.7. The zero-order chi connectivity index (χ0) is 19.3. The molecule has 9 nitrogen and oxygen atoms in total. The van der Waals surface area contributed by atoms with Crippen molar-refractivity contribution >= 4 is 33.1 Å². The van der Waals surface area contributed by atoms with E-state index in [0.29, 0.717) is 5.69 Å². The van der Waals surface area contributed by atoms with Crippen molar-refractivity contribution in [3.05, 3.63) is 48.5 Å². The van der Waals surface area contributed by atoms with E-state index >= 15 is 0 Å². The summed E-state index contributed by atoms with van der Waals surface area (Å²) in [5.41, 5.74) is 0.230. The first-order valence-corrected chi connectivity index (χ1v) is 8.86. The van der Waals surface area contributed by atoms with Crippen LogP contribution in [0.5, 0.6) is 5.75 Å². The maximum Gasteiger partial charge on any atom is 0.258 e. The molecule has 0 fully saturated rings. The molecule has 0 bridgehead atoms. The first-order chi connectivity index (χ1) is 12.2. The summed E-state index contributed by atoms with van der Waals surface area (Å²) in [6.45, 7) is 1.16. The molecule has 2 aromatic rings. The third-order valence-electron chi connectivity index (χ3n) is 3.23. The van der Waals surface area contributed by atoms with E-state index in [9.17, 15) is 23.1 Å². The van der Waals surface area contributed by atoms with Gasteiger partial charge in [-0.15, -0.1) is 0 Å². The summed E-state index contributed by atoms with van der Waals surface area (Å²) in [4.78, 5) is 23.6. The van der Waals surface area contributed by atoms with Crippen LogP contribution in [0.2, 0.25) is 0 Å². The Morgan fingerprint density at radius 1 is 1.15 bits per heavy atom. The number of Topliss-reactive ketones (excluding diaryl/α,β-unsaturated/α-hetero) is 1. The van der Waals surface area contributed by atoms with E-state index in [2.05, 4.69) is 15.5 Å². The molecule has 136 valence electrons. The van der Waals surface area contributed by atoms with Crippen molar-refractivity contribution < 1.29 is 23.1 Å². The highest BCUT2D eigenvalue weighted by Gasteiger charge is 2.23. The van der Waals surface area contributed by atoms with Crippen LogP contribution >= 0.6 is 0 Å². The van der Waals surface area contributed by atoms with Gasteiger partial charge in [-0.2, -0.15) is 10.2 Å². The predicted octanol–water partition coefficient (Wildman–Crippen LogP) is 1.72. The highest BCUT2D eigenvalue weighted by atomic mass is 32.2. The molecule has 4 N–H and O–H groups in total. The number of phenols is 1. The van der Waals surface area contributed by atoms with Gasteiger partial charge >= 0.3 is 0 Å². The van der Waals surface area contributed by atoms with Crippen molar-refractivity contribution in [2.45, 2.75) is 17.9 Å². The van der Waals surface area contributed by atoms with Crippen molar-refractivity contribution in [1.29, 1.82) is 0 Å². The molecule has 0 aliphatic rings. The fraction of sp³-hybridized carbons (Fsp3) is 0.125. The number of carbonyl (C=O) groups excluding carboxylic acids is 2. The van der Waals surface area contributed by atoms with E-state index in [0.717, 1.165) is 25.1 Å². The molecule has 2 rings (SSSR count). The minimum absolute atomic E-state index is 0.240. The number of azo groups is 1. The molecular weight excluding hydrogens is 360 g/mol. The molecule has 0 saturated carbocycles. The Bertz CT molecular complexity index is 958. The number of sulfonamides is 1. The quantitative estimate of drug-likeness (QED) is 0.518. The van der Waals surface area contributed by atoms with Crippen LogP contribution in [0, 0.1) is 0 Å². The fourth-order valence-electron chi connectivity index (χ4n) is 1.93. The van der Waals surface area contributed by atoms with Crippen LogP contribution in [-0.4, -0.2) is 31.3 Å². The highest BCUT2D eigenvalue weighted by molar-refractivity contribution is 7.89. The molecule has 2 aromatic carbocycles. The standard InChI is InChI=1S/C16H16N4O5S/c1-10(21)15(16(23)18-11-5-3-2-4-6-11)20-19-13-9-12(26(17,24)25)7-8-14(13)22/h2-9,15,22H,1H3,(H,18,23)(H2,17,24,25)/b20-19+. The second-order valence-electron chi connectivity index (χ2n) is 5.28. The molecule has 10 heteroatoms. The van der Waals surface area contributed by atoms with Gasteiger partial charge in [-0.3, -0.25) is 9.59 Å². The molecule has 0 spiro atoms. The zero-order valence-electron chi connectivity index (χ0n) is 13.7. The number of anilines is 1. The number of primary sulfonamides is 1. The summed E-state index contributed by atoms with van der Waals surface area (Å²) in [6.07, 6.45) is 0. The number of nitrogens with zero attached hydrogens (tertiary/aromatic N) is 2. The first kappa shape index (κ1) is 19.2. The van der Waals surface area contributed by atoms with Crippen molar-refractivity contribution in [1.82, 2.24) is 0 Å². The third-order valence-corrected chi connectivity index (χ3v) is 4.14. The van der Waals surface area contributed by atoms with Gasteiger partial charge in [-0.25, -0.2) is 13.6 Å². The number of nitrogens with two attached hydrogens (primary N) is 1. The first-order valence-electron chi connectivity index (χ1n) is 7.31. The lowest BCUT2D eigenvalue weighted by molar-refractivity contribution is -0.126. The van der Waals surface area contributed by atoms with Crippen molar-refractivity contribution in [3.8, 4) is 5.75 Å². The van der Waals surface area contributed by atoms with Crippen LogP contribution in [0.4, 0.5) is 11.4 Å². The van der Waals surface area contributed by atoms with Gasteiger partial charge in [-0.05, 0) is 37.3 Å². The molecule has 1 unspecified atom stereocenters. The predicted molar refractivity (Wildman–Crippen MR) is 93.5 cm³/mol. The lowest BCUT2D eigenvalue weighted by Crippen LogP contribution is -2.31. The minimum Gasteiger partial charge on any atom is -0.506 e. The Morgan fingerprint density at radius 3 is 2.38 bits per heavy atom. The minimum atomic E-state index is -4.01. The number of hydrogen-bond donors (Lipinski definition) is 3. The number of hydrogen-bond acceptors (Lipinski definition) is 7. The number of nitrogens with one attached hydrogen (secondary N) is 1. The maximum atomic E-state index is 12.2. The average molecular weight is 376 g/mol. The Labute approximate surface area is 149 Å². The maximum absolute atomic E-state index is 12.2. The van der Waals surface area contributed by atoms with E-state index in [1.165, 1.54) is 0 Å². The van der Waals surface area contributed by atoms with Crippen LogP contribution in [0.3, 0.4) is 0 Å². The van der Waals surface area contributed by atoms with E-state index in [1.54, 1.807) is 30.3 Å². The van der Waals surface area contributed by atoms with Crippen molar-refractivity contribution in [3.63, 3.8) is 0 Å². The van der Waals surface area contributed by atoms with Crippen molar-refractivity contribution in [2.24, 2.45) is 15.4 Å². The number of aromatic hydroxyl groups is 1. The SMILES string of the molecule is CC(=O)C(/N=N/c1cc(S(N)(=O)=O)ccc1O)C(=O)Nc1ccccc1. The molecule has 1 amide bonds. The van der Waals surface area contributed by atoms with E-state index in [-0.39, 0.29) is 16.3 Å². The molecule has 0 aromatic heterocycles. The summed E-state index contributed by atoms with van der Waals surface area (Å²) in [5, 5.41) is 24.6. The summed E-state index contributed by atoms with van der Waals surface area (Å²) < 4.78 is 22.7. The van der Waals surface area contributed by atoms with E-state index in [4.69, 9.17) is 5.14 Å². The van der Waals surface area contributed by atoms with Gasteiger partial charge in [-0.1, -0.05) is 18.2 Å². The third kappa shape index (κ3) is 4.94. The van der Waals surface area contributed by atoms with Gasteiger partial charge in [0.25, 0.3) is 5.91 Å². The smallest absolute Gasteiger partial charge is 0.258 e. The Kier molecular flexibility index (Phi) is 5.80. The molecule has 0 heterocycles. The number of para-hydroxylation sites is 1. The van der Waals surface area contributed by atoms with E-state index in [1.807, 2.05) is 0 Å². The lowest BCUT2D eigenvalue weighted by Gasteiger charge is -2.09. The highest BCUT2D eigenvalue weighted by Crippen LogP contribution is 2.29. The number of amides is 1. The molecule has 0 aliphatic heterocycles. The number of phenolic OH excluding ortho intramolecular Hbond substituents is 1. The van der Waals surface area contributed by atoms with Gasteiger partial charge in [0.15, 0.2) is 5.78 Å². The lowest BCUT2D eigenvalue weighted by atomic mass is 10.2. The molecule has 26 heavy (non-hydrogen) atoms. The fourth-order valence-corrected chi connectivity index (χ4v) is 2.46. The van der Waals surface area contributed by atoms with Crippen LogP contribution in [0.1, 0.15) is 6.92 Å². The summed E-state index contributed by atoms with van der Waals surface area (Å²) in [6, 6.07) is 10.1. The Morgan fingerprint density at radius 2 is 1.81 bits per heavy atom. The number of benzene rings is 2. The van der Waals surface area contributed by atoms with Gasteiger partial charge in [0.05, 0.1) is 4.90 Å². The second kappa shape index (κ2) is 7.85.